The Hall–Kier alpha value is -3.94. The Morgan fingerprint density at radius 1 is 1.14 bits per heavy atom. The number of rotatable bonds is 6. The molecule has 3 N–H and O–H groups in total. The van der Waals surface area contributed by atoms with Crippen LogP contribution in [0.4, 0.5) is 5.69 Å². The molecule has 0 bridgehead atoms. The lowest BCUT2D eigenvalue weighted by molar-refractivity contribution is -0.116. The lowest BCUT2D eigenvalue weighted by Crippen LogP contribution is -2.34. The molecule has 0 aliphatic rings. The largest absolute Gasteiger partial charge is 0.497 e. The number of ether oxygens (including phenoxy) is 1. The quantitative estimate of drug-likeness (QED) is 0.677. The van der Waals surface area contributed by atoms with Gasteiger partial charge in [0.25, 0.3) is 11.5 Å². The minimum absolute atomic E-state index is 0.261. The molecule has 3 rings (SSSR count). The fraction of sp³-hybridized carbons (Fsp3) is 0.100. The van der Waals surface area contributed by atoms with Gasteiger partial charge in [0.05, 0.1) is 7.11 Å². The van der Waals surface area contributed by atoms with Crippen LogP contribution in [0.3, 0.4) is 0 Å². The number of aromatic nitrogens is 2. The summed E-state index contributed by atoms with van der Waals surface area (Å²) < 4.78 is 6.25. The van der Waals surface area contributed by atoms with Gasteiger partial charge >= 0.3 is 0 Å². The van der Waals surface area contributed by atoms with Crippen molar-refractivity contribution in [3.05, 3.63) is 76.7 Å². The lowest BCUT2D eigenvalue weighted by atomic mass is 10.2. The first-order valence-corrected chi connectivity index (χ1v) is 8.38. The van der Waals surface area contributed by atoms with Crippen molar-refractivity contribution in [1.29, 1.82) is 0 Å². The first-order chi connectivity index (χ1) is 13.5. The normalized spacial score (nSPS) is 10.3. The van der Waals surface area contributed by atoms with Gasteiger partial charge in [0, 0.05) is 23.5 Å². The molecule has 0 saturated heterocycles. The molecule has 0 unspecified atom stereocenters. The minimum Gasteiger partial charge on any atom is -0.497 e. The molecule has 0 atom stereocenters. The van der Waals surface area contributed by atoms with Crippen LogP contribution in [0.1, 0.15) is 10.4 Å². The van der Waals surface area contributed by atoms with Crippen molar-refractivity contribution in [3.63, 3.8) is 0 Å². The number of carbonyl (C=O) groups excluding carboxylic acids is 2. The molecule has 28 heavy (non-hydrogen) atoms. The summed E-state index contributed by atoms with van der Waals surface area (Å²) >= 11 is 0. The first-order valence-electron chi connectivity index (χ1n) is 8.38. The van der Waals surface area contributed by atoms with E-state index in [9.17, 15) is 14.4 Å². The molecule has 3 aromatic rings. The Morgan fingerprint density at radius 2 is 1.89 bits per heavy atom. The number of nitrogens with zero attached hydrogens (tertiary/aromatic N) is 2. The molecule has 0 radical (unpaired) electrons. The smallest absolute Gasteiger partial charge is 0.267 e. The van der Waals surface area contributed by atoms with Gasteiger partial charge in [-0.25, -0.2) is 4.98 Å². The van der Waals surface area contributed by atoms with Crippen LogP contribution in [-0.2, 0) is 11.3 Å². The third kappa shape index (κ3) is 4.07. The molecule has 8 heteroatoms. The van der Waals surface area contributed by atoms with Gasteiger partial charge in [0.2, 0.25) is 5.91 Å². The van der Waals surface area contributed by atoms with Crippen LogP contribution < -0.4 is 21.3 Å². The molecule has 0 aliphatic carbocycles. The third-order valence-electron chi connectivity index (χ3n) is 4.00. The zero-order valence-corrected chi connectivity index (χ0v) is 15.1. The Bertz CT molecular complexity index is 1080. The van der Waals surface area contributed by atoms with Gasteiger partial charge in [-0.05, 0) is 12.1 Å². The van der Waals surface area contributed by atoms with E-state index in [2.05, 4.69) is 10.3 Å². The van der Waals surface area contributed by atoms with Crippen molar-refractivity contribution in [1.82, 2.24) is 9.55 Å². The first kappa shape index (κ1) is 18.8. The third-order valence-corrected chi connectivity index (χ3v) is 4.00. The number of anilines is 1. The second kappa shape index (κ2) is 8.17. The standard InChI is InChI=1S/C20H18N4O4/c1-28-15-9-5-8-14(10-15)23-17(25)12-24-19(13-6-3-2-4-7-13)22-11-16(18(21)26)20(24)27/h2-11H,12H2,1H3,(H2,21,26)(H,23,25). The number of nitrogens with one attached hydrogen (secondary N) is 1. The van der Waals surface area contributed by atoms with Crippen molar-refractivity contribution in [2.45, 2.75) is 6.54 Å². The molecule has 0 aliphatic heterocycles. The van der Waals surface area contributed by atoms with E-state index in [0.29, 0.717) is 17.0 Å². The van der Waals surface area contributed by atoms with E-state index in [1.165, 1.54) is 7.11 Å². The van der Waals surface area contributed by atoms with Gasteiger partial charge in [-0.2, -0.15) is 0 Å². The minimum atomic E-state index is -0.904. The predicted octanol–water partition coefficient (Wildman–Crippen LogP) is 1.66. The summed E-state index contributed by atoms with van der Waals surface area (Å²) in [5.74, 6) is -0.524. The molecule has 2 aromatic carbocycles. The maximum atomic E-state index is 12.7. The van der Waals surface area contributed by atoms with Gasteiger partial charge in [-0.15, -0.1) is 0 Å². The van der Waals surface area contributed by atoms with Crippen molar-refractivity contribution >= 4 is 17.5 Å². The average molecular weight is 378 g/mol. The molecule has 2 amide bonds. The second-order valence-corrected chi connectivity index (χ2v) is 5.90. The molecule has 1 aromatic heterocycles. The van der Waals surface area contributed by atoms with E-state index in [1.807, 2.05) is 6.07 Å². The number of primary amides is 1. The summed E-state index contributed by atoms with van der Waals surface area (Å²) in [7, 11) is 1.52. The number of carbonyl (C=O) groups is 2. The molecule has 1 heterocycles. The fourth-order valence-corrected chi connectivity index (χ4v) is 2.67. The van der Waals surface area contributed by atoms with E-state index in [4.69, 9.17) is 10.5 Å². The van der Waals surface area contributed by atoms with Crippen LogP contribution >= 0.6 is 0 Å². The SMILES string of the molecule is COc1cccc(NC(=O)Cn2c(-c3ccccc3)ncc(C(N)=O)c2=O)c1. The number of hydrogen-bond acceptors (Lipinski definition) is 5. The topological polar surface area (TPSA) is 116 Å². The molecule has 0 spiro atoms. The lowest BCUT2D eigenvalue weighted by Gasteiger charge is -2.13. The van der Waals surface area contributed by atoms with Gasteiger partial charge < -0.3 is 15.8 Å². The highest BCUT2D eigenvalue weighted by molar-refractivity contribution is 5.93. The highest BCUT2D eigenvalue weighted by atomic mass is 16.5. The fourth-order valence-electron chi connectivity index (χ4n) is 2.67. The van der Waals surface area contributed by atoms with Crippen LogP contribution in [0.15, 0.2) is 65.6 Å². The van der Waals surface area contributed by atoms with E-state index in [1.54, 1.807) is 48.5 Å². The summed E-state index contributed by atoms with van der Waals surface area (Å²) in [5.41, 5.74) is 5.43. The summed E-state index contributed by atoms with van der Waals surface area (Å²) in [6, 6.07) is 15.7. The van der Waals surface area contributed by atoms with E-state index < -0.39 is 17.4 Å². The maximum absolute atomic E-state index is 12.7. The molecule has 142 valence electrons. The van der Waals surface area contributed by atoms with E-state index >= 15 is 0 Å². The Balaban J connectivity index is 1.97. The zero-order valence-electron chi connectivity index (χ0n) is 15.1. The number of amides is 2. The number of hydrogen-bond donors (Lipinski definition) is 2. The van der Waals surface area contributed by atoms with Crippen LogP contribution in [0.5, 0.6) is 5.75 Å². The molecular weight excluding hydrogens is 360 g/mol. The number of methoxy groups -OCH3 is 1. The summed E-state index contributed by atoms with van der Waals surface area (Å²) in [6.07, 6.45) is 1.13. The van der Waals surface area contributed by atoms with E-state index in [0.717, 1.165) is 10.8 Å². The van der Waals surface area contributed by atoms with Crippen molar-refractivity contribution in [2.24, 2.45) is 5.73 Å². The second-order valence-electron chi connectivity index (χ2n) is 5.90. The monoisotopic (exact) mass is 378 g/mol. The van der Waals surface area contributed by atoms with Crippen LogP contribution in [0.2, 0.25) is 0 Å². The Morgan fingerprint density at radius 3 is 2.57 bits per heavy atom. The molecule has 8 nitrogen and oxygen atoms in total. The predicted molar refractivity (Wildman–Crippen MR) is 104 cm³/mol. The van der Waals surface area contributed by atoms with Crippen molar-refractivity contribution < 1.29 is 14.3 Å². The number of benzene rings is 2. The van der Waals surface area contributed by atoms with Gasteiger partial charge in [-0.1, -0.05) is 36.4 Å². The highest BCUT2D eigenvalue weighted by Gasteiger charge is 2.17. The zero-order chi connectivity index (χ0) is 20.1. The van der Waals surface area contributed by atoms with Crippen LogP contribution in [0.25, 0.3) is 11.4 Å². The van der Waals surface area contributed by atoms with Gasteiger partial charge in [0.1, 0.15) is 23.7 Å². The summed E-state index contributed by atoms with van der Waals surface area (Å²) in [6.45, 7) is -0.339. The van der Waals surface area contributed by atoms with Crippen molar-refractivity contribution in [3.8, 4) is 17.1 Å². The van der Waals surface area contributed by atoms with Crippen LogP contribution in [-0.4, -0.2) is 28.5 Å². The van der Waals surface area contributed by atoms with Gasteiger partial charge in [0.15, 0.2) is 0 Å². The summed E-state index contributed by atoms with van der Waals surface area (Å²) in [5, 5.41) is 2.70. The Kier molecular flexibility index (Phi) is 5.50. The highest BCUT2D eigenvalue weighted by Crippen LogP contribution is 2.18. The van der Waals surface area contributed by atoms with Gasteiger partial charge in [-0.3, -0.25) is 19.0 Å². The molecule has 0 saturated carbocycles. The number of nitrogens with two attached hydrogens (primary N) is 1. The van der Waals surface area contributed by atoms with Crippen molar-refractivity contribution in [2.75, 3.05) is 12.4 Å². The maximum Gasteiger partial charge on any atom is 0.267 e. The summed E-state index contributed by atoms with van der Waals surface area (Å²) in [4.78, 5) is 41.0. The Labute approximate surface area is 160 Å². The van der Waals surface area contributed by atoms with E-state index in [-0.39, 0.29) is 17.9 Å². The molecular formula is C20H18N4O4. The average Bonchev–Trinajstić information content (AvgIpc) is 2.70. The van der Waals surface area contributed by atoms with Crippen LogP contribution in [0, 0.1) is 0 Å². The molecule has 0 fully saturated rings.